The number of hydrogen-bond donors (Lipinski definition) is 2. The summed E-state index contributed by atoms with van der Waals surface area (Å²) in [4.78, 5) is 17.3. The number of aromatic nitrogens is 2. The van der Waals surface area contributed by atoms with E-state index in [0.29, 0.717) is 10.5 Å². The Morgan fingerprint density at radius 2 is 2.31 bits per heavy atom. The minimum absolute atomic E-state index is 0.0868. The van der Waals surface area contributed by atoms with Gasteiger partial charge in [-0.1, -0.05) is 26.1 Å². The van der Waals surface area contributed by atoms with Gasteiger partial charge in [0, 0.05) is 12.0 Å². The fourth-order valence-corrected chi connectivity index (χ4v) is 1.08. The van der Waals surface area contributed by atoms with Crippen molar-refractivity contribution >= 4 is 18.2 Å². The first-order valence-corrected chi connectivity index (χ1v) is 4.26. The van der Waals surface area contributed by atoms with Crippen molar-refractivity contribution in [2.24, 2.45) is 0 Å². The molecule has 13 heavy (non-hydrogen) atoms. The number of carboxylic acid groups (broad SMARTS) is 1. The lowest BCUT2D eigenvalue weighted by molar-refractivity contribution is 0.0689. The topological polar surface area (TPSA) is 66.0 Å². The fraction of sp³-hybridized carbons (Fsp3) is 0.375. The number of nitrogens with one attached hydrogen (secondary N) is 1. The molecule has 1 heterocycles. The van der Waals surface area contributed by atoms with Crippen LogP contribution in [0.15, 0.2) is 6.07 Å². The van der Waals surface area contributed by atoms with Crippen LogP contribution in [-0.2, 0) is 0 Å². The Labute approximate surface area is 80.6 Å². The van der Waals surface area contributed by atoms with E-state index in [9.17, 15) is 4.79 Å². The largest absolute Gasteiger partial charge is 0.477 e. The third kappa shape index (κ3) is 2.35. The maximum absolute atomic E-state index is 10.6. The van der Waals surface area contributed by atoms with Gasteiger partial charge in [-0.3, -0.25) is 0 Å². The molecule has 0 fully saturated rings. The quantitative estimate of drug-likeness (QED) is 0.713. The number of nitrogens with zero attached hydrogens (tertiary/aromatic N) is 1. The van der Waals surface area contributed by atoms with E-state index in [1.54, 1.807) is 0 Å². The normalized spacial score (nSPS) is 10.4. The van der Waals surface area contributed by atoms with E-state index in [-0.39, 0.29) is 11.6 Å². The summed E-state index contributed by atoms with van der Waals surface area (Å²) >= 11 is 4.83. The van der Waals surface area contributed by atoms with Gasteiger partial charge >= 0.3 is 5.97 Å². The molecule has 0 aliphatic heterocycles. The van der Waals surface area contributed by atoms with Gasteiger partial charge in [-0.25, -0.2) is 9.78 Å². The molecule has 0 bridgehead atoms. The maximum atomic E-state index is 10.6. The lowest BCUT2D eigenvalue weighted by Gasteiger charge is -2.04. The maximum Gasteiger partial charge on any atom is 0.352 e. The van der Waals surface area contributed by atoms with Crippen LogP contribution in [0.4, 0.5) is 0 Å². The van der Waals surface area contributed by atoms with E-state index in [4.69, 9.17) is 17.3 Å². The minimum atomic E-state index is -1.02. The average molecular weight is 198 g/mol. The number of aromatic carboxylic acids is 1. The summed E-state index contributed by atoms with van der Waals surface area (Å²) in [5, 5.41) is 8.71. The highest BCUT2D eigenvalue weighted by Gasteiger charge is 2.07. The molecule has 0 saturated heterocycles. The molecule has 0 aliphatic carbocycles. The summed E-state index contributed by atoms with van der Waals surface area (Å²) in [5.41, 5.74) is 0.0868. The Bertz CT molecular complexity index is 384. The van der Waals surface area contributed by atoms with Gasteiger partial charge in [0.15, 0.2) is 0 Å². The zero-order valence-corrected chi connectivity index (χ0v) is 8.18. The highest BCUT2D eigenvalue weighted by atomic mass is 32.1. The number of carbonyl (C=O) groups is 1. The van der Waals surface area contributed by atoms with Crippen molar-refractivity contribution in [1.29, 1.82) is 0 Å². The molecule has 2 N–H and O–H groups in total. The fourth-order valence-electron chi connectivity index (χ4n) is 0.865. The second kappa shape index (κ2) is 3.66. The molecule has 70 valence electrons. The van der Waals surface area contributed by atoms with Gasteiger partial charge in [-0.05, 0) is 0 Å². The van der Waals surface area contributed by atoms with E-state index in [1.807, 2.05) is 13.8 Å². The standard InChI is InChI=1S/C8H10N2O2S/c1-4(2)7-9-5(8(11)12)3-6(13)10-7/h3-4H,1-2H3,(H,11,12)(H,9,10,13). The third-order valence-corrected chi connectivity index (χ3v) is 1.75. The predicted molar refractivity (Wildman–Crippen MR) is 50.5 cm³/mol. The lowest BCUT2D eigenvalue weighted by Crippen LogP contribution is -2.06. The van der Waals surface area contributed by atoms with Crippen molar-refractivity contribution in [3.8, 4) is 0 Å². The van der Waals surface area contributed by atoms with E-state index >= 15 is 0 Å². The number of hydrogen-bond acceptors (Lipinski definition) is 3. The second-order valence-corrected chi connectivity index (χ2v) is 3.40. The molecule has 4 nitrogen and oxygen atoms in total. The van der Waals surface area contributed by atoms with E-state index < -0.39 is 5.97 Å². The van der Waals surface area contributed by atoms with Gasteiger partial charge in [0.2, 0.25) is 0 Å². The van der Waals surface area contributed by atoms with E-state index in [2.05, 4.69) is 9.97 Å². The molecule has 1 aromatic rings. The molecule has 1 aromatic heterocycles. The van der Waals surface area contributed by atoms with Crippen molar-refractivity contribution in [3.63, 3.8) is 0 Å². The highest BCUT2D eigenvalue weighted by Crippen LogP contribution is 2.08. The molecule has 0 radical (unpaired) electrons. The van der Waals surface area contributed by atoms with Gasteiger partial charge in [-0.15, -0.1) is 0 Å². The molecular weight excluding hydrogens is 188 g/mol. The van der Waals surface area contributed by atoms with Gasteiger partial charge in [-0.2, -0.15) is 0 Å². The summed E-state index contributed by atoms with van der Waals surface area (Å²) < 4.78 is 0.305. The SMILES string of the molecule is CC(C)c1nc(=S)cc(C(=O)O)[nH]1. The molecule has 5 heteroatoms. The molecule has 0 spiro atoms. The van der Waals surface area contributed by atoms with Crippen molar-refractivity contribution in [2.45, 2.75) is 19.8 Å². The van der Waals surface area contributed by atoms with Crippen LogP contribution in [0.2, 0.25) is 0 Å². The van der Waals surface area contributed by atoms with Gasteiger partial charge < -0.3 is 10.1 Å². The highest BCUT2D eigenvalue weighted by molar-refractivity contribution is 7.71. The Balaban J connectivity index is 3.27. The van der Waals surface area contributed by atoms with E-state index in [1.165, 1.54) is 6.07 Å². The molecule has 0 aliphatic rings. The second-order valence-electron chi connectivity index (χ2n) is 2.98. The summed E-state index contributed by atoms with van der Waals surface area (Å²) in [7, 11) is 0. The summed E-state index contributed by atoms with van der Waals surface area (Å²) in [6, 6.07) is 1.34. The van der Waals surface area contributed by atoms with Gasteiger partial charge in [0.25, 0.3) is 0 Å². The number of carboxylic acids is 1. The monoisotopic (exact) mass is 198 g/mol. The van der Waals surface area contributed by atoms with Crippen LogP contribution in [-0.4, -0.2) is 21.0 Å². The molecular formula is C8H10N2O2S. The molecule has 0 amide bonds. The molecule has 0 unspecified atom stereocenters. The minimum Gasteiger partial charge on any atom is -0.477 e. The smallest absolute Gasteiger partial charge is 0.352 e. The first kappa shape index (κ1) is 9.85. The Morgan fingerprint density at radius 1 is 1.69 bits per heavy atom. The Kier molecular flexibility index (Phi) is 2.77. The summed E-state index contributed by atoms with van der Waals surface area (Å²) in [6.07, 6.45) is 0. The van der Waals surface area contributed by atoms with Crippen molar-refractivity contribution < 1.29 is 9.90 Å². The predicted octanol–water partition coefficient (Wildman–Crippen LogP) is 1.96. The van der Waals surface area contributed by atoms with E-state index in [0.717, 1.165) is 0 Å². The van der Waals surface area contributed by atoms with Crippen LogP contribution < -0.4 is 0 Å². The molecule has 0 atom stereocenters. The first-order valence-electron chi connectivity index (χ1n) is 3.85. The molecule has 1 rings (SSSR count). The van der Waals surface area contributed by atoms with Gasteiger partial charge in [0.05, 0.1) is 0 Å². The van der Waals surface area contributed by atoms with Gasteiger partial charge in [0.1, 0.15) is 16.2 Å². The van der Waals surface area contributed by atoms with Crippen LogP contribution in [0.3, 0.4) is 0 Å². The lowest BCUT2D eigenvalue weighted by atomic mass is 10.2. The number of H-pyrrole nitrogens is 1. The Morgan fingerprint density at radius 3 is 2.77 bits per heavy atom. The average Bonchev–Trinajstić information content (AvgIpc) is 2.03. The summed E-state index contributed by atoms with van der Waals surface area (Å²) in [6.45, 7) is 3.83. The third-order valence-electron chi connectivity index (χ3n) is 1.54. The van der Waals surface area contributed by atoms with Crippen LogP contribution in [0.1, 0.15) is 36.1 Å². The number of rotatable bonds is 2. The van der Waals surface area contributed by atoms with Crippen molar-refractivity contribution in [2.75, 3.05) is 0 Å². The Hall–Kier alpha value is -1.23. The van der Waals surface area contributed by atoms with Crippen LogP contribution in [0, 0.1) is 4.64 Å². The number of aromatic amines is 1. The zero-order valence-electron chi connectivity index (χ0n) is 7.37. The van der Waals surface area contributed by atoms with Crippen LogP contribution >= 0.6 is 12.2 Å². The van der Waals surface area contributed by atoms with Crippen LogP contribution in [0.5, 0.6) is 0 Å². The molecule has 0 saturated carbocycles. The van der Waals surface area contributed by atoms with Crippen LogP contribution in [0.25, 0.3) is 0 Å². The molecule has 0 aromatic carbocycles. The van der Waals surface area contributed by atoms with Crippen molar-refractivity contribution in [3.05, 3.63) is 22.2 Å². The van der Waals surface area contributed by atoms with Crippen molar-refractivity contribution in [1.82, 2.24) is 9.97 Å². The first-order chi connectivity index (χ1) is 6.00. The zero-order chi connectivity index (χ0) is 10.0. The summed E-state index contributed by atoms with van der Waals surface area (Å²) in [5.74, 6) is -0.277.